The van der Waals surface area contributed by atoms with Gasteiger partial charge < -0.3 is 0 Å². The number of hydrogen-bond donors (Lipinski definition) is 0. The Hall–Kier alpha value is -1.28. The number of benzene rings is 1. The van der Waals surface area contributed by atoms with Crippen LogP contribution in [0.15, 0.2) is 36.4 Å². The average molecular weight is 211 g/mol. The SMILES string of the molecule is N#CC#N.[SeH2].c1ccccc1. The Bertz CT molecular complexity index is 194. The molecular formula is C8H8N2Se. The Labute approximate surface area is 76.5 Å². The summed E-state index contributed by atoms with van der Waals surface area (Å²) in [5.74, 6) is 0. The first-order chi connectivity index (χ1) is 4.91. The standard InChI is InChI=1S/C6H6.C2N2.H2Se/c1-2-4-6-5-3-1;3-1-2-4;/h1-6H;;1H2. The smallest absolute Gasteiger partial charge is 0.0623 e. The Kier molecular flexibility index (Phi) is 13.0. The number of hydrogen-bond acceptors (Lipinski definition) is 2. The Morgan fingerprint density at radius 2 is 0.818 bits per heavy atom. The van der Waals surface area contributed by atoms with Crippen LogP contribution in [0.25, 0.3) is 0 Å². The zero-order valence-corrected chi connectivity index (χ0v) is 7.96. The molecule has 0 bridgehead atoms. The normalized spacial score (nSPS) is 5.27. The second-order valence-electron chi connectivity index (χ2n) is 1.38. The van der Waals surface area contributed by atoms with Gasteiger partial charge in [-0.25, -0.2) is 0 Å². The molecule has 0 aromatic heterocycles. The van der Waals surface area contributed by atoms with Gasteiger partial charge in [0.25, 0.3) is 0 Å². The van der Waals surface area contributed by atoms with Crippen molar-refractivity contribution in [2.45, 2.75) is 0 Å². The van der Waals surface area contributed by atoms with Crippen molar-refractivity contribution in [3.8, 4) is 12.1 Å². The second-order valence-corrected chi connectivity index (χ2v) is 1.38. The van der Waals surface area contributed by atoms with Gasteiger partial charge in [-0.1, -0.05) is 36.4 Å². The van der Waals surface area contributed by atoms with Crippen LogP contribution in [-0.2, 0) is 0 Å². The van der Waals surface area contributed by atoms with Gasteiger partial charge in [-0.15, -0.1) is 0 Å². The van der Waals surface area contributed by atoms with Crippen molar-refractivity contribution in [2.75, 3.05) is 0 Å². The van der Waals surface area contributed by atoms with Crippen molar-refractivity contribution in [1.29, 1.82) is 10.5 Å². The van der Waals surface area contributed by atoms with Gasteiger partial charge in [-0.05, 0) is 0 Å². The summed E-state index contributed by atoms with van der Waals surface area (Å²) in [6.07, 6.45) is 0. The van der Waals surface area contributed by atoms with Crippen molar-refractivity contribution in [2.24, 2.45) is 0 Å². The summed E-state index contributed by atoms with van der Waals surface area (Å²) in [5.41, 5.74) is 0. The molecule has 0 saturated heterocycles. The molecule has 0 aliphatic heterocycles. The maximum absolute atomic E-state index is 7.26. The van der Waals surface area contributed by atoms with Crippen LogP contribution in [0.5, 0.6) is 0 Å². The first-order valence-electron chi connectivity index (χ1n) is 2.70. The minimum absolute atomic E-state index is 0. The average Bonchev–Trinajstić information content (AvgIpc) is 2.08. The third kappa shape index (κ3) is 12.0. The molecule has 0 aliphatic carbocycles. The largest absolute Gasteiger partial charge is 0.0623 e. The van der Waals surface area contributed by atoms with Gasteiger partial charge in [0.05, 0.1) is 0 Å². The van der Waals surface area contributed by atoms with Crippen molar-refractivity contribution in [3.63, 3.8) is 0 Å². The molecule has 2 nitrogen and oxygen atoms in total. The van der Waals surface area contributed by atoms with E-state index >= 15 is 0 Å². The van der Waals surface area contributed by atoms with E-state index in [0.29, 0.717) is 0 Å². The molecule has 0 amide bonds. The first-order valence-corrected chi connectivity index (χ1v) is 2.70. The van der Waals surface area contributed by atoms with E-state index in [1.165, 1.54) is 12.1 Å². The van der Waals surface area contributed by atoms with Gasteiger partial charge in [0.1, 0.15) is 0 Å². The summed E-state index contributed by atoms with van der Waals surface area (Å²) in [7, 11) is 0. The summed E-state index contributed by atoms with van der Waals surface area (Å²) in [4.78, 5) is 0. The van der Waals surface area contributed by atoms with Crippen LogP contribution in [0.2, 0.25) is 0 Å². The van der Waals surface area contributed by atoms with E-state index in [-0.39, 0.29) is 17.1 Å². The molecule has 3 heteroatoms. The van der Waals surface area contributed by atoms with E-state index in [1.54, 1.807) is 0 Å². The Balaban J connectivity index is 0. The van der Waals surface area contributed by atoms with Gasteiger partial charge in [0.15, 0.2) is 12.1 Å². The molecular weight excluding hydrogens is 203 g/mol. The molecule has 1 aromatic carbocycles. The van der Waals surface area contributed by atoms with Crippen LogP contribution >= 0.6 is 0 Å². The summed E-state index contributed by atoms with van der Waals surface area (Å²) in [6, 6.07) is 14.5. The minimum atomic E-state index is 0. The molecule has 0 heterocycles. The third-order valence-corrected chi connectivity index (χ3v) is 0.717. The molecule has 0 atom stereocenters. The fraction of sp³-hybridized carbons (Fsp3) is 0. The maximum Gasteiger partial charge on any atom is -0.0623 e. The molecule has 0 radical (unpaired) electrons. The van der Waals surface area contributed by atoms with Crippen LogP contribution in [0, 0.1) is 22.7 Å². The Morgan fingerprint density at radius 3 is 0.909 bits per heavy atom. The number of nitrogens with zero attached hydrogens (tertiary/aromatic N) is 2. The number of rotatable bonds is 0. The topological polar surface area (TPSA) is 47.6 Å². The van der Waals surface area contributed by atoms with E-state index < -0.39 is 0 Å². The van der Waals surface area contributed by atoms with E-state index in [0.717, 1.165) is 0 Å². The zero-order chi connectivity index (χ0) is 7.66. The second kappa shape index (κ2) is 11.5. The molecule has 1 rings (SSSR count). The van der Waals surface area contributed by atoms with Crippen molar-refractivity contribution < 1.29 is 0 Å². The summed E-state index contributed by atoms with van der Waals surface area (Å²) in [5, 5.41) is 14.5. The zero-order valence-electron chi connectivity index (χ0n) is 5.86. The molecule has 56 valence electrons. The number of nitriles is 2. The van der Waals surface area contributed by atoms with Gasteiger partial charge >= 0.3 is 17.1 Å². The Morgan fingerprint density at radius 1 is 0.636 bits per heavy atom. The summed E-state index contributed by atoms with van der Waals surface area (Å²) in [6.45, 7) is 0. The third-order valence-electron chi connectivity index (χ3n) is 0.717. The van der Waals surface area contributed by atoms with Gasteiger partial charge in [0, 0.05) is 0 Å². The molecule has 0 fully saturated rings. The van der Waals surface area contributed by atoms with Crippen molar-refractivity contribution >= 4 is 17.1 Å². The van der Waals surface area contributed by atoms with Crippen molar-refractivity contribution in [1.82, 2.24) is 0 Å². The monoisotopic (exact) mass is 212 g/mol. The molecule has 0 spiro atoms. The van der Waals surface area contributed by atoms with Gasteiger partial charge in [-0.2, -0.15) is 10.5 Å². The van der Waals surface area contributed by atoms with Gasteiger partial charge in [0.2, 0.25) is 0 Å². The van der Waals surface area contributed by atoms with Crippen LogP contribution in [0.3, 0.4) is 0 Å². The van der Waals surface area contributed by atoms with Gasteiger partial charge in [-0.3, -0.25) is 0 Å². The predicted molar refractivity (Wildman–Crippen MR) is 46.2 cm³/mol. The maximum atomic E-state index is 7.26. The van der Waals surface area contributed by atoms with E-state index in [9.17, 15) is 0 Å². The van der Waals surface area contributed by atoms with E-state index in [4.69, 9.17) is 10.5 Å². The fourth-order valence-corrected chi connectivity index (χ4v) is 0.385. The molecule has 1 aromatic rings. The molecule has 0 aliphatic rings. The first kappa shape index (κ1) is 12.4. The van der Waals surface area contributed by atoms with E-state index in [2.05, 4.69) is 0 Å². The van der Waals surface area contributed by atoms with Crippen LogP contribution < -0.4 is 0 Å². The molecule has 0 saturated carbocycles. The fourth-order valence-electron chi connectivity index (χ4n) is 0.385. The van der Waals surface area contributed by atoms with Crippen LogP contribution in [0.1, 0.15) is 0 Å². The molecule has 11 heavy (non-hydrogen) atoms. The van der Waals surface area contributed by atoms with E-state index in [1.807, 2.05) is 36.4 Å². The summed E-state index contributed by atoms with van der Waals surface area (Å²) < 4.78 is 0. The molecule has 0 N–H and O–H groups in total. The quantitative estimate of drug-likeness (QED) is 0.596. The predicted octanol–water partition coefficient (Wildman–Crippen LogP) is 0.804. The van der Waals surface area contributed by atoms with Crippen molar-refractivity contribution in [3.05, 3.63) is 36.4 Å². The summed E-state index contributed by atoms with van der Waals surface area (Å²) >= 11 is 0. The molecule has 0 unspecified atom stereocenters. The minimum Gasteiger partial charge on any atom is -0.0623 e. The van der Waals surface area contributed by atoms with Crippen LogP contribution in [-0.4, -0.2) is 17.1 Å². The van der Waals surface area contributed by atoms with Crippen LogP contribution in [0.4, 0.5) is 0 Å².